The molecule has 1 saturated heterocycles. The molecule has 1 aromatic carbocycles. The molecule has 0 saturated carbocycles. The Morgan fingerprint density at radius 3 is 2.64 bits per heavy atom. The smallest absolute Gasteiger partial charge is 0.227 e. The number of halogens is 1. The number of nitrogens with one attached hydrogen (secondary N) is 1. The second-order valence-corrected chi connectivity index (χ2v) is 8.79. The molecule has 3 heterocycles. The van der Waals surface area contributed by atoms with Gasteiger partial charge in [-0.3, -0.25) is 4.79 Å². The van der Waals surface area contributed by atoms with Gasteiger partial charge in [0.1, 0.15) is 5.69 Å². The molecule has 3 aromatic rings. The number of thiophene rings is 1. The van der Waals surface area contributed by atoms with E-state index >= 15 is 0 Å². The van der Waals surface area contributed by atoms with E-state index in [1.165, 1.54) is 0 Å². The Morgan fingerprint density at radius 1 is 1.18 bits per heavy atom. The normalized spacial score (nSPS) is 14.9. The zero-order valence-electron chi connectivity index (χ0n) is 15.6. The predicted octanol–water partition coefficient (Wildman–Crippen LogP) is 5.13. The zero-order valence-corrected chi connectivity index (χ0v) is 18.0. The highest BCUT2D eigenvalue weighted by molar-refractivity contribution is 9.10. The number of nitrogens with zero attached hydrogens (tertiary/aromatic N) is 3. The van der Waals surface area contributed by atoms with Gasteiger partial charge < -0.3 is 10.2 Å². The van der Waals surface area contributed by atoms with Gasteiger partial charge in [0.25, 0.3) is 0 Å². The molecule has 1 amide bonds. The molecule has 0 atom stereocenters. The average molecular weight is 457 g/mol. The lowest BCUT2D eigenvalue weighted by Gasteiger charge is -2.31. The van der Waals surface area contributed by atoms with Crippen molar-refractivity contribution in [1.29, 1.82) is 0 Å². The predicted molar refractivity (Wildman–Crippen MR) is 118 cm³/mol. The molecule has 0 unspecified atom stereocenters. The summed E-state index contributed by atoms with van der Waals surface area (Å²) >= 11 is 5.18. The largest absolute Gasteiger partial charge is 0.355 e. The van der Waals surface area contributed by atoms with Crippen LogP contribution in [-0.4, -0.2) is 29.2 Å². The van der Waals surface area contributed by atoms with Gasteiger partial charge in [0.2, 0.25) is 5.91 Å². The number of aryl methyl sites for hydroxylation is 1. The molecule has 1 N–H and O–H groups in total. The van der Waals surface area contributed by atoms with Crippen molar-refractivity contribution in [3.8, 4) is 10.6 Å². The van der Waals surface area contributed by atoms with Crippen LogP contribution in [0.25, 0.3) is 10.6 Å². The molecule has 0 spiro atoms. The maximum Gasteiger partial charge on any atom is 0.227 e. The van der Waals surface area contributed by atoms with Crippen molar-refractivity contribution < 1.29 is 4.79 Å². The fourth-order valence-corrected chi connectivity index (χ4v) is 4.66. The molecule has 0 aliphatic carbocycles. The number of benzene rings is 1. The maximum atomic E-state index is 12.6. The van der Waals surface area contributed by atoms with Crippen LogP contribution in [0.4, 0.5) is 11.5 Å². The zero-order chi connectivity index (χ0) is 19.5. The van der Waals surface area contributed by atoms with Crippen LogP contribution in [0, 0.1) is 12.8 Å². The standard InChI is InChI=1S/C21H21BrN4OS/c1-14-4-5-17(16(22)13-14)23-21(27)15-8-10-26(11-9-15)20-7-6-18(24-25-20)19-3-2-12-28-19/h2-7,12-13,15H,8-11H2,1H3,(H,23,27). The van der Waals surface area contributed by atoms with E-state index in [4.69, 9.17) is 0 Å². The Labute approximate surface area is 176 Å². The first kappa shape index (κ1) is 19.1. The van der Waals surface area contributed by atoms with Gasteiger partial charge in [-0.05, 0) is 77.0 Å². The third-order valence-corrected chi connectivity index (χ3v) is 6.54. The second-order valence-electron chi connectivity index (χ2n) is 6.99. The van der Waals surface area contributed by atoms with Gasteiger partial charge in [0, 0.05) is 23.5 Å². The summed E-state index contributed by atoms with van der Waals surface area (Å²) in [5.41, 5.74) is 2.88. The minimum atomic E-state index is 0.0165. The number of hydrogen-bond donors (Lipinski definition) is 1. The van der Waals surface area contributed by atoms with Crippen LogP contribution in [0.3, 0.4) is 0 Å². The summed E-state index contributed by atoms with van der Waals surface area (Å²) in [6.45, 7) is 3.64. The molecule has 1 fully saturated rings. The van der Waals surface area contributed by atoms with E-state index in [2.05, 4.69) is 36.3 Å². The molecule has 144 valence electrons. The third-order valence-electron chi connectivity index (χ3n) is 5.00. The summed E-state index contributed by atoms with van der Waals surface area (Å²) in [6, 6.07) is 14.1. The molecular formula is C21H21BrN4OS. The van der Waals surface area contributed by atoms with Crippen molar-refractivity contribution in [2.24, 2.45) is 5.92 Å². The molecule has 7 heteroatoms. The minimum absolute atomic E-state index is 0.0165. The molecule has 28 heavy (non-hydrogen) atoms. The van der Waals surface area contributed by atoms with Gasteiger partial charge in [0.15, 0.2) is 5.82 Å². The highest BCUT2D eigenvalue weighted by atomic mass is 79.9. The van der Waals surface area contributed by atoms with Gasteiger partial charge in [-0.2, -0.15) is 0 Å². The Kier molecular flexibility index (Phi) is 5.73. The van der Waals surface area contributed by atoms with E-state index in [1.54, 1.807) is 11.3 Å². The van der Waals surface area contributed by atoms with Crippen LogP contribution in [-0.2, 0) is 4.79 Å². The molecule has 1 aliphatic rings. The summed E-state index contributed by atoms with van der Waals surface area (Å²) in [7, 11) is 0. The average Bonchev–Trinajstić information content (AvgIpc) is 3.25. The van der Waals surface area contributed by atoms with Crippen molar-refractivity contribution >= 4 is 44.7 Å². The summed E-state index contributed by atoms with van der Waals surface area (Å²) in [4.78, 5) is 16.0. The van der Waals surface area contributed by atoms with Crippen LogP contribution in [0.2, 0.25) is 0 Å². The first-order valence-electron chi connectivity index (χ1n) is 9.30. The SMILES string of the molecule is Cc1ccc(NC(=O)C2CCN(c3ccc(-c4cccs4)nn3)CC2)c(Br)c1. The molecule has 4 rings (SSSR count). The molecule has 5 nitrogen and oxygen atoms in total. The number of rotatable bonds is 4. The van der Waals surface area contributed by atoms with Crippen molar-refractivity contribution in [2.45, 2.75) is 19.8 Å². The summed E-state index contributed by atoms with van der Waals surface area (Å²) < 4.78 is 0.916. The third kappa shape index (κ3) is 4.25. The lowest BCUT2D eigenvalue weighted by atomic mass is 9.95. The van der Waals surface area contributed by atoms with Gasteiger partial charge in [-0.15, -0.1) is 21.5 Å². The summed E-state index contributed by atoms with van der Waals surface area (Å²) in [5, 5.41) is 13.8. The number of piperidine rings is 1. The van der Waals surface area contributed by atoms with E-state index in [-0.39, 0.29) is 11.8 Å². The number of carbonyl (C=O) groups is 1. The van der Waals surface area contributed by atoms with Crippen molar-refractivity contribution in [3.63, 3.8) is 0 Å². The van der Waals surface area contributed by atoms with Gasteiger partial charge >= 0.3 is 0 Å². The maximum absolute atomic E-state index is 12.6. The van der Waals surface area contributed by atoms with Crippen molar-refractivity contribution in [3.05, 3.63) is 57.9 Å². The Balaban J connectivity index is 1.34. The van der Waals surface area contributed by atoms with Gasteiger partial charge in [-0.1, -0.05) is 12.1 Å². The molecule has 0 radical (unpaired) electrons. The number of carbonyl (C=O) groups excluding carboxylic acids is 1. The van der Waals surface area contributed by atoms with Crippen LogP contribution < -0.4 is 10.2 Å². The highest BCUT2D eigenvalue weighted by Gasteiger charge is 2.26. The van der Waals surface area contributed by atoms with E-state index < -0.39 is 0 Å². The summed E-state index contributed by atoms with van der Waals surface area (Å²) in [6.07, 6.45) is 1.62. The van der Waals surface area contributed by atoms with Crippen molar-refractivity contribution in [1.82, 2.24) is 10.2 Å². The lowest BCUT2D eigenvalue weighted by molar-refractivity contribution is -0.120. The fraction of sp³-hybridized carbons (Fsp3) is 0.286. The molecular weight excluding hydrogens is 436 g/mol. The second kappa shape index (κ2) is 8.41. The number of hydrogen-bond acceptors (Lipinski definition) is 5. The Bertz CT molecular complexity index is 951. The topological polar surface area (TPSA) is 58.1 Å². The van der Waals surface area contributed by atoms with E-state index in [9.17, 15) is 4.79 Å². The first-order valence-corrected chi connectivity index (χ1v) is 11.0. The summed E-state index contributed by atoms with van der Waals surface area (Å²) in [5.74, 6) is 0.978. The Morgan fingerprint density at radius 2 is 2.00 bits per heavy atom. The van der Waals surface area contributed by atoms with Gasteiger partial charge in [0.05, 0.1) is 10.6 Å². The number of anilines is 2. The van der Waals surface area contributed by atoms with Crippen LogP contribution in [0.1, 0.15) is 18.4 Å². The van der Waals surface area contributed by atoms with E-state index in [1.807, 2.05) is 54.8 Å². The van der Waals surface area contributed by atoms with Crippen LogP contribution >= 0.6 is 27.3 Å². The monoisotopic (exact) mass is 456 g/mol. The highest BCUT2D eigenvalue weighted by Crippen LogP contribution is 2.28. The van der Waals surface area contributed by atoms with Crippen LogP contribution in [0.15, 0.2) is 52.3 Å². The van der Waals surface area contributed by atoms with Gasteiger partial charge in [-0.25, -0.2) is 0 Å². The number of aromatic nitrogens is 2. The minimum Gasteiger partial charge on any atom is -0.355 e. The van der Waals surface area contributed by atoms with Crippen molar-refractivity contribution in [2.75, 3.05) is 23.3 Å². The van der Waals surface area contributed by atoms with Crippen LogP contribution in [0.5, 0.6) is 0 Å². The van der Waals surface area contributed by atoms with E-state index in [0.717, 1.165) is 58.0 Å². The number of amides is 1. The van der Waals surface area contributed by atoms with E-state index in [0.29, 0.717) is 0 Å². The molecule has 1 aliphatic heterocycles. The lowest BCUT2D eigenvalue weighted by Crippen LogP contribution is -2.38. The molecule has 2 aromatic heterocycles. The quantitative estimate of drug-likeness (QED) is 0.590. The molecule has 0 bridgehead atoms. The fourth-order valence-electron chi connectivity index (χ4n) is 3.38. The Hall–Kier alpha value is -2.25. The first-order chi connectivity index (χ1) is 13.6.